The van der Waals surface area contributed by atoms with Crippen LogP contribution < -0.4 is 0 Å². The molecule has 0 aliphatic carbocycles. The first-order valence-electron chi connectivity index (χ1n) is 5.70. The minimum atomic E-state index is -3.40. The van der Waals surface area contributed by atoms with Gasteiger partial charge in [0.1, 0.15) is 5.60 Å². The Kier molecular flexibility index (Phi) is 6.14. The van der Waals surface area contributed by atoms with Gasteiger partial charge < -0.3 is 14.9 Å². The summed E-state index contributed by atoms with van der Waals surface area (Å²) in [5.41, 5.74) is -0.981. The van der Waals surface area contributed by atoms with Crippen molar-refractivity contribution >= 4 is 12.2 Å². The summed E-state index contributed by atoms with van der Waals surface area (Å²) in [5.74, 6) is -3.40. The van der Waals surface area contributed by atoms with Crippen LogP contribution in [-0.4, -0.2) is 52.0 Å². The van der Waals surface area contributed by atoms with E-state index in [9.17, 15) is 18.4 Å². The van der Waals surface area contributed by atoms with Crippen LogP contribution in [-0.2, 0) is 4.74 Å². The number of rotatable bonds is 5. The number of hydrogen-bond acceptors (Lipinski definition) is 4. The second-order valence-electron chi connectivity index (χ2n) is 5.03. The summed E-state index contributed by atoms with van der Waals surface area (Å²) in [6.45, 7) is 2.75. The first-order valence-corrected chi connectivity index (χ1v) is 5.70. The molecule has 0 fully saturated rings. The highest BCUT2D eigenvalue weighted by Gasteiger charge is 2.38. The Hall–Kier alpha value is -1.44. The minimum absolute atomic E-state index is 0.0668. The van der Waals surface area contributed by atoms with Crippen molar-refractivity contribution in [3.05, 3.63) is 0 Å². The van der Waals surface area contributed by atoms with Gasteiger partial charge in [0.05, 0.1) is 6.54 Å². The largest absolute Gasteiger partial charge is 0.465 e. The zero-order valence-electron chi connectivity index (χ0n) is 11.2. The SMILES string of the molecule is CC(C)(C)OC(=O)N(CC(F)(F)CCCO)C(=O)O. The molecule has 2 amide bonds. The highest BCUT2D eigenvalue weighted by molar-refractivity contribution is 5.86. The van der Waals surface area contributed by atoms with E-state index in [1.165, 1.54) is 20.8 Å². The fourth-order valence-electron chi connectivity index (χ4n) is 1.18. The van der Waals surface area contributed by atoms with Crippen LogP contribution in [0, 0.1) is 0 Å². The third-order valence-electron chi connectivity index (χ3n) is 1.93. The summed E-state index contributed by atoms with van der Waals surface area (Å²) >= 11 is 0. The first-order chi connectivity index (χ1) is 8.48. The fourth-order valence-corrected chi connectivity index (χ4v) is 1.18. The van der Waals surface area contributed by atoms with Gasteiger partial charge in [0.2, 0.25) is 0 Å². The molecule has 0 spiro atoms. The van der Waals surface area contributed by atoms with E-state index in [2.05, 4.69) is 0 Å². The number of nitrogens with zero attached hydrogens (tertiary/aromatic N) is 1. The Morgan fingerprint density at radius 3 is 2.16 bits per heavy atom. The molecule has 0 aromatic rings. The molecule has 0 atom stereocenters. The summed E-state index contributed by atoms with van der Waals surface area (Å²) in [6.07, 6.45) is -4.05. The van der Waals surface area contributed by atoms with Gasteiger partial charge in [-0.2, -0.15) is 0 Å². The number of alkyl halides is 2. The number of ether oxygens (including phenoxy) is 1. The molecule has 19 heavy (non-hydrogen) atoms. The summed E-state index contributed by atoms with van der Waals surface area (Å²) in [6, 6.07) is 0. The van der Waals surface area contributed by atoms with E-state index < -0.39 is 43.3 Å². The van der Waals surface area contributed by atoms with Crippen LogP contribution in [0.1, 0.15) is 33.6 Å². The fraction of sp³-hybridized carbons (Fsp3) is 0.818. The van der Waals surface area contributed by atoms with Gasteiger partial charge in [0, 0.05) is 13.0 Å². The molecule has 0 aromatic heterocycles. The van der Waals surface area contributed by atoms with E-state index in [-0.39, 0.29) is 11.3 Å². The quantitative estimate of drug-likeness (QED) is 0.808. The third-order valence-corrected chi connectivity index (χ3v) is 1.93. The van der Waals surface area contributed by atoms with Crippen molar-refractivity contribution in [3.63, 3.8) is 0 Å². The van der Waals surface area contributed by atoms with Gasteiger partial charge in [-0.25, -0.2) is 23.3 Å². The number of carbonyl (C=O) groups excluding carboxylic acids is 1. The smallest absolute Gasteiger partial charge is 0.420 e. The van der Waals surface area contributed by atoms with Crippen LogP contribution >= 0.6 is 0 Å². The van der Waals surface area contributed by atoms with Crippen molar-refractivity contribution in [2.24, 2.45) is 0 Å². The normalized spacial score (nSPS) is 12.1. The molecule has 0 unspecified atom stereocenters. The average Bonchev–Trinajstić information content (AvgIpc) is 2.20. The lowest BCUT2D eigenvalue weighted by Gasteiger charge is -2.27. The maximum atomic E-state index is 13.4. The van der Waals surface area contributed by atoms with Crippen molar-refractivity contribution in [3.8, 4) is 0 Å². The molecule has 0 heterocycles. The predicted octanol–water partition coefficient (Wildman–Crippen LogP) is 2.31. The second-order valence-corrected chi connectivity index (χ2v) is 5.03. The monoisotopic (exact) mass is 283 g/mol. The topological polar surface area (TPSA) is 87.1 Å². The molecule has 0 rings (SSSR count). The van der Waals surface area contributed by atoms with Crippen LogP contribution in [0.5, 0.6) is 0 Å². The van der Waals surface area contributed by atoms with Crippen LogP contribution in [0.3, 0.4) is 0 Å². The Bertz CT molecular complexity index is 328. The van der Waals surface area contributed by atoms with Crippen LogP contribution in [0.4, 0.5) is 18.4 Å². The summed E-state index contributed by atoms with van der Waals surface area (Å²) < 4.78 is 31.5. The molecule has 0 aliphatic heterocycles. The Labute approximate surface area is 110 Å². The van der Waals surface area contributed by atoms with E-state index in [1.807, 2.05) is 0 Å². The van der Waals surface area contributed by atoms with E-state index in [0.29, 0.717) is 0 Å². The molecule has 0 radical (unpaired) electrons. The molecule has 0 aliphatic rings. The van der Waals surface area contributed by atoms with Gasteiger partial charge in [-0.05, 0) is 27.2 Å². The van der Waals surface area contributed by atoms with Gasteiger partial charge >= 0.3 is 12.2 Å². The molecule has 112 valence electrons. The first kappa shape index (κ1) is 17.6. The van der Waals surface area contributed by atoms with E-state index in [1.54, 1.807) is 0 Å². The molecule has 0 bridgehead atoms. The molecule has 0 aromatic carbocycles. The molecular formula is C11H19F2NO5. The van der Waals surface area contributed by atoms with Crippen molar-refractivity contribution in [2.45, 2.75) is 45.1 Å². The van der Waals surface area contributed by atoms with Gasteiger partial charge in [-0.1, -0.05) is 0 Å². The van der Waals surface area contributed by atoms with Crippen LogP contribution in [0.25, 0.3) is 0 Å². The van der Waals surface area contributed by atoms with Gasteiger partial charge in [-0.3, -0.25) is 0 Å². The molecule has 2 N–H and O–H groups in total. The molecule has 0 saturated heterocycles. The lowest BCUT2D eigenvalue weighted by Crippen LogP contribution is -2.46. The lowest BCUT2D eigenvalue weighted by atomic mass is 10.2. The Morgan fingerprint density at radius 1 is 1.26 bits per heavy atom. The average molecular weight is 283 g/mol. The number of carboxylic acid groups (broad SMARTS) is 1. The number of amides is 2. The predicted molar refractivity (Wildman–Crippen MR) is 62.2 cm³/mol. The van der Waals surface area contributed by atoms with Crippen LogP contribution in [0.2, 0.25) is 0 Å². The molecule has 6 nitrogen and oxygen atoms in total. The number of hydrogen-bond donors (Lipinski definition) is 2. The summed E-state index contributed by atoms with van der Waals surface area (Å²) in [5, 5.41) is 17.3. The molecular weight excluding hydrogens is 264 g/mol. The zero-order valence-corrected chi connectivity index (χ0v) is 11.2. The van der Waals surface area contributed by atoms with Crippen molar-refractivity contribution in [1.82, 2.24) is 4.90 Å². The maximum Gasteiger partial charge on any atom is 0.420 e. The number of aliphatic hydroxyl groups is 1. The van der Waals surface area contributed by atoms with Crippen molar-refractivity contribution < 1.29 is 33.3 Å². The standard InChI is InChI=1S/C11H19F2NO5/c1-10(2,3)19-9(18)14(8(16)17)7-11(12,13)5-4-6-15/h15H,4-7H2,1-3H3,(H,16,17). The zero-order chi connectivity index (χ0) is 15.3. The minimum Gasteiger partial charge on any atom is -0.465 e. The number of imide groups is 1. The van der Waals surface area contributed by atoms with E-state index >= 15 is 0 Å². The highest BCUT2D eigenvalue weighted by Crippen LogP contribution is 2.23. The van der Waals surface area contributed by atoms with Gasteiger partial charge in [-0.15, -0.1) is 0 Å². The van der Waals surface area contributed by atoms with Gasteiger partial charge in [0.15, 0.2) is 0 Å². The Morgan fingerprint density at radius 2 is 1.79 bits per heavy atom. The highest BCUT2D eigenvalue weighted by atomic mass is 19.3. The van der Waals surface area contributed by atoms with E-state index in [0.717, 1.165) is 0 Å². The third kappa shape index (κ3) is 7.55. The Balaban J connectivity index is 4.75. The van der Waals surface area contributed by atoms with Crippen molar-refractivity contribution in [1.29, 1.82) is 0 Å². The van der Waals surface area contributed by atoms with E-state index in [4.69, 9.17) is 14.9 Å². The maximum absolute atomic E-state index is 13.4. The van der Waals surface area contributed by atoms with Crippen LogP contribution in [0.15, 0.2) is 0 Å². The second kappa shape index (κ2) is 6.65. The summed E-state index contributed by atoms with van der Waals surface area (Å²) in [4.78, 5) is 22.2. The number of carbonyl (C=O) groups is 2. The molecule has 8 heteroatoms. The summed E-state index contributed by atoms with van der Waals surface area (Å²) in [7, 11) is 0. The molecule has 0 saturated carbocycles. The lowest BCUT2D eigenvalue weighted by molar-refractivity contribution is -0.0457. The van der Waals surface area contributed by atoms with Gasteiger partial charge in [0.25, 0.3) is 5.92 Å². The number of halogens is 2. The van der Waals surface area contributed by atoms with Crippen molar-refractivity contribution in [2.75, 3.05) is 13.2 Å². The number of aliphatic hydroxyl groups excluding tert-OH is 1.